The highest BCUT2D eigenvalue weighted by molar-refractivity contribution is 9.11. The van der Waals surface area contributed by atoms with Gasteiger partial charge < -0.3 is 0 Å². The summed E-state index contributed by atoms with van der Waals surface area (Å²) in [7, 11) is 0.187. The Kier molecular flexibility index (Phi) is 13.3. The van der Waals surface area contributed by atoms with Gasteiger partial charge in [0, 0.05) is 19.0 Å². The fourth-order valence-electron chi connectivity index (χ4n) is 6.22. The van der Waals surface area contributed by atoms with Gasteiger partial charge in [0.1, 0.15) is 0 Å². The number of hydrogen-bond donors (Lipinski definition) is 0. The maximum absolute atomic E-state index is 3.91. The van der Waals surface area contributed by atoms with Gasteiger partial charge in [0.25, 0.3) is 0 Å². The molecule has 1 aromatic heterocycles. The van der Waals surface area contributed by atoms with Crippen LogP contribution in [0.15, 0.2) is 38.9 Å². The number of unbranched alkanes of at least 4 members (excludes halogenated alkanes) is 14. The number of rotatable bonds is 18. The molecule has 0 aliphatic heterocycles. The van der Waals surface area contributed by atoms with Gasteiger partial charge in [-0.05, 0) is 50.9 Å². The van der Waals surface area contributed by atoms with Crippen molar-refractivity contribution in [3.8, 4) is 11.1 Å². The summed E-state index contributed by atoms with van der Waals surface area (Å²) in [4.78, 5) is 0. The molecule has 1 aliphatic carbocycles. The Labute approximate surface area is 235 Å². The summed E-state index contributed by atoms with van der Waals surface area (Å²) in [6.07, 6.45) is 25.1. The number of halogens is 2. The lowest BCUT2D eigenvalue weighted by atomic mass is 9.73. The molecular weight excluding hydrogens is 572 g/mol. The topological polar surface area (TPSA) is 0 Å². The Balaban J connectivity index is 1.70. The second-order valence-corrected chi connectivity index (χ2v) is 15.1. The van der Waals surface area contributed by atoms with Crippen LogP contribution in [0, 0.1) is 0 Å². The van der Waals surface area contributed by atoms with E-state index in [4.69, 9.17) is 0 Å². The first-order chi connectivity index (χ1) is 17.1. The second kappa shape index (κ2) is 15.9. The predicted molar refractivity (Wildman–Crippen MR) is 165 cm³/mol. The van der Waals surface area contributed by atoms with Crippen molar-refractivity contribution in [3.05, 3.63) is 49.6 Å². The Bertz CT molecular complexity index is 818. The van der Waals surface area contributed by atoms with Crippen molar-refractivity contribution in [2.24, 2.45) is 0 Å². The molecule has 0 bridgehead atoms. The zero-order valence-electron chi connectivity index (χ0n) is 22.4. The lowest BCUT2D eigenvalue weighted by molar-refractivity contribution is 0.401. The molecule has 0 amide bonds. The molecule has 35 heavy (non-hydrogen) atoms. The van der Waals surface area contributed by atoms with Crippen molar-refractivity contribution in [1.82, 2.24) is 0 Å². The Morgan fingerprint density at radius 3 is 1.63 bits per heavy atom. The minimum absolute atomic E-state index is 0.187. The third-order valence-corrected chi connectivity index (χ3v) is 11.3. The molecule has 0 saturated heterocycles. The fourth-order valence-corrected chi connectivity index (χ4v) is 9.00. The highest BCUT2D eigenvalue weighted by Gasteiger charge is 2.42. The monoisotopic (exact) mass is 618 g/mol. The van der Waals surface area contributed by atoms with Gasteiger partial charge in [-0.1, -0.05) is 167 Å². The summed E-state index contributed by atoms with van der Waals surface area (Å²) < 4.78 is 2.67. The van der Waals surface area contributed by atoms with Gasteiger partial charge in [0.2, 0.25) is 0 Å². The van der Waals surface area contributed by atoms with E-state index in [1.807, 2.05) is 0 Å². The Hall–Kier alpha value is -0.253. The molecule has 3 rings (SSSR count). The molecule has 1 aliphatic rings. The quantitative estimate of drug-likeness (QED) is 0.115. The van der Waals surface area contributed by atoms with Crippen LogP contribution >= 0.6 is 31.9 Å². The number of hydrogen-bond acceptors (Lipinski definition) is 0. The van der Waals surface area contributed by atoms with Gasteiger partial charge in [-0.15, -0.1) is 0 Å². The fraction of sp³-hybridized carbons (Fsp3) is 0.656. The minimum Gasteiger partial charge on any atom is -0.0654 e. The van der Waals surface area contributed by atoms with Crippen LogP contribution in [0.3, 0.4) is 0 Å². The zero-order chi connectivity index (χ0) is 24.9. The van der Waals surface area contributed by atoms with E-state index in [-0.39, 0.29) is 14.5 Å². The van der Waals surface area contributed by atoms with Gasteiger partial charge in [-0.2, -0.15) is 0 Å². The van der Waals surface area contributed by atoms with E-state index >= 15 is 0 Å². The van der Waals surface area contributed by atoms with Crippen molar-refractivity contribution in [2.75, 3.05) is 0 Å². The van der Waals surface area contributed by atoms with E-state index in [1.165, 1.54) is 130 Å². The van der Waals surface area contributed by atoms with Crippen LogP contribution in [0.25, 0.3) is 11.1 Å². The van der Waals surface area contributed by atoms with Crippen LogP contribution in [0.2, 0.25) is 0 Å². The van der Waals surface area contributed by atoms with Gasteiger partial charge in [0.15, 0.2) is 0 Å². The van der Waals surface area contributed by atoms with E-state index in [0.29, 0.717) is 0 Å². The molecule has 0 saturated carbocycles. The molecule has 0 unspecified atom stereocenters. The largest absolute Gasteiger partial charge is 0.0654 e. The third-order valence-electron chi connectivity index (χ3n) is 8.20. The van der Waals surface area contributed by atoms with Crippen molar-refractivity contribution in [2.45, 2.75) is 135 Å². The molecule has 194 valence electrons. The molecule has 0 atom stereocenters. The predicted octanol–water partition coefficient (Wildman–Crippen LogP) is 11.6. The van der Waals surface area contributed by atoms with E-state index in [9.17, 15) is 0 Å². The van der Waals surface area contributed by atoms with Crippen LogP contribution in [-0.2, 0) is 5.41 Å². The van der Waals surface area contributed by atoms with E-state index in [1.54, 1.807) is 16.3 Å². The summed E-state index contributed by atoms with van der Waals surface area (Å²) in [6.45, 7) is 4.62. The van der Waals surface area contributed by atoms with E-state index in [2.05, 4.69) is 76.0 Å². The summed E-state index contributed by atoms with van der Waals surface area (Å²) in [5, 5.41) is 1.78. The molecule has 1 aromatic carbocycles. The molecule has 0 fully saturated rings. The smallest absolute Gasteiger partial charge is 0.0443 e. The molecule has 0 spiro atoms. The minimum atomic E-state index is 0.187. The van der Waals surface area contributed by atoms with Gasteiger partial charge >= 0.3 is 0 Å². The summed E-state index contributed by atoms with van der Waals surface area (Å²) in [5.41, 5.74) is 4.97. The molecule has 2 aromatic rings. The summed E-state index contributed by atoms with van der Waals surface area (Å²) in [5.74, 6) is 0. The van der Waals surface area contributed by atoms with Crippen molar-refractivity contribution < 1.29 is 0 Å². The average molecular weight is 621 g/mol. The number of benzene rings is 1. The van der Waals surface area contributed by atoms with Crippen molar-refractivity contribution >= 4 is 41.0 Å². The van der Waals surface area contributed by atoms with Crippen LogP contribution in [0.4, 0.5) is 0 Å². The zero-order valence-corrected chi connectivity index (χ0v) is 26.8. The maximum atomic E-state index is 3.91. The molecule has 3 heteroatoms. The first-order valence-corrected chi connectivity index (χ1v) is 17.5. The van der Waals surface area contributed by atoms with E-state index in [0.717, 1.165) is 0 Å². The SMILES string of the molecule is CCCCCCCCCCC1(CCCCCCCCCC)c2cc(Br)ccc2-c2ccc(Br)[siH]c21. The lowest BCUT2D eigenvalue weighted by Gasteiger charge is -2.33. The molecular formula is C32H48Br2Si. The normalized spacial score (nSPS) is 13.7. The number of fused-ring (bicyclic) bond motifs is 3. The van der Waals surface area contributed by atoms with Crippen LogP contribution in [0.5, 0.6) is 0 Å². The Morgan fingerprint density at radius 1 is 0.600 bits per heavy atom. The van der Waals surface area contributed by atoms with Crippen LogP contribution < -0.4 is 0 Å². The molecule has 1 heterocycles. The standard InChI is InChI=1S/C32H48Br2Si/c1-3-5-7-9-11-13-15-17-23-32(24-18-16-14-12-10-8-6-4-2)29-25-26(33)19-20-27(29)28-21-22-30(34)35-31(28)32/h19-22,25,35H,3-18,23-24H2,1-2H3. The maximum Gasteiger partial charge on any atom is 0.0443 e. The van der Waals surface area contributed by atoms with Gasteiger partial charge in [-0.3, -0.25) is 0 Å². The molecule has 0 N–H and O–H groups in total. The molecule has 0 radical (unpaired) electrons. The highest BCUT2D eigenvalue weighted by atomic mass is 79.9. The highest BCUT2D eigenvalue weighted by Crippen LogP contribution is 2.54. The second-order valence-electron chi connectivity index (χ2n) is 10.9. The molecule has 0 nitrogen and oxygen atoms in total. The van der Waals surface area contributed by atoms with Crippen LogP contribution in [0.1, 0.15) is 140 Å². The first kappa shape index (κ1) is 29.3. The van der Waals surface area contributed by atoms with Crippen LogP contribution in [-0.4, -0.2) is 9.12 Å². The summed E-state index contributed by atoms with van der Waals surface area (Å²) >= 11 is 7.73. The van der Waals surface area contributed by atoms with Gasteiger partial charge in [-0.25, -0.2) is 0 Å². The third kappa shape index (κ3) is 8.37. The van der Waals surface area contributed by atoms with E-state index < -0.39 is 0 Å². The van der Waals surface area contributed by atoms with Gasteiger partial charge in [0.05, 0.1) is 0 Å². The first-order valence-electron chi connectivity index (χ1n) is 14.7. The summed E-state index contributed by atoms with van der Waals surface area (Å²) in [6, 6.07) is 11.8. The van der Waals surface area contributed by atoms with Crippen molar-refractivity contribution in [1.29, 1.82) is 0 Å². The lowest BCUT2D eigenvalue weighted by Crippen LogP contribution is -2.27. The average Bonchev–Trinajstić information content (AvgIpc) is 3.11. The Morgan fingerprint density at radius 2 is 1.09 bits per heavy atom. The van der Waals surface area contributed by atoms with Crippen molar-refractivity contribution in [3.63, 3.8) is 0 Å².